The quantitative estimate of drug-likeness (QED) is 0.300. The summed E-state index contributed by atoms with van der Waals surface area (Å²) < 4.78 is 5.96. The van der Waals surface area contributed by atoms with Crippen LogP contribution in [0.4, 0.5) is 0 Å². The van der Waals surface area contributed by atoms with Crippen LogP contribution in [-0.4, -0.2) is 20.2 Å². The predicted molar refractivity (Wildman–Crippen MR) is 81.7 cm³/mol. The minimum atomic E-state index is -1.80. The van der Waals surface area contributed by atoms with Crippen LogP contribution in [0.3, 0.4) is 0 Å². The van der Waals surface area contributed by atoms with E-state index in [2.05, 4.69) is 20.8 Å². The molecule has 108 valence electrons. The Morgan fingerprint density at radius 2 is 1.50 bits per heavy atom. The third-order valence-corrected chi connectivity index (χ3v) is 8.37. The van der Waals surface area contributed by atoms with Crippen molar-refractivity contribution in [2.75, 3.05) is 5.88 Å². The van der Waals surface area contributed by atoms with Gasteiger partial charge in [-0.05, 0) is 31.0 Å². The van der Waals surface area contributed by atoms with Gasteiger partial charge in [-0.3, -0.25) is 4.79 Å². The molecule has 0 unspecified atom stereocenters. The molecule has 0 aromatic heterocycles. The van der Waals surface area contributed by atoms with E-state index in [1.54, 1.807) is 0 Å². The van der Waals surface area contributed by atoms with Gasteiger partial charge in [0.25, 0.3) is 14.3 Å². The molecule has 18 heavy (non-hydrogen) atoms. The van der Waals surface area contributed by atoms with E-state index in [0.717, 1.165) is 50.2 Å². The van der Waals surface area contributed by atoms with Crippen molar-refractivity contribution in [3.63, 3.8) is 0 Å². The highest BCUT2D eigenvalue weighted by atomic mass is 35.5. The van der Waals surface area contributed by atoms with Crippen molar-refractivity contribution >= 4 is 25.9 Å². The number of hydrogen-bond acceptors (Lipinski definition) is 2. The lowest BCUT2D eigenvalue weighted by Gasteiger charge is -2.30. The number of carbonyl (C=O) groups is 1. The Bertz CT molecular complexity index is 205. The number of unbranched alkanes of at least 4 members (excludes halogenated alkanes) is 1. The number of carbonyl (C=O) groups excluding carboxylic acids is 1. The molecule has 4 heteroatoms. The molecule has 0 aliphatic heterocycles. The molecule has 0 saturated heterocycles. The molecule has 0 radical (unpaired) electrons. The van der Waals surface area contributed by atoms with Gasteiger partial charge >= 0.3 is 0 Å². The van der Waals surface area contributed by atoms with Gasteiger partial charge in [-0.1, -0.05) is 40.0 Å². The third kappa shape index (κ3) is 7.42. The molecule has 0 rings (SSSR count). The lowest BCUT2D eigenvalue weighted by molar-refractivity contribution is -0.135. The zero-order valence-electron chi connectivity index (χ0n) is 12.3. The van der Waals surface area contributed by atoms with Gasteiger partial charge in [0.05, 0.1) is 0 Å². The molecule has 2 nitrogen and oxygen atoms in total. The number of halogens is 1. The summed E-state index contributed by atoms with van der Waals surface area (Å²) in [5.74, 6) is 0.650. The molecular weight excluding hydrogens is 264 g/mol. The largest absolute Gasteiger partial charge is 0.519 e. The number of hydrogen-bond donors (Lipinski definition) is 0. The second-order valence-corrected chi connectivity index (χ2v) is 9.50. The van der Waals surface area contributed by atoms with Gasteiger partial charge in [0, 0.05) is 12.3 Å². The molecule has 0 atom stereocenters. The third-order valence-electron chi connectivity index (χ3n) is 3.21. The first-order valence-corrected chi connectivity index (χ1v) is 10.5. The van der Waals surface area contributed by atoms with Crippen LogP contribution in [0.1, 0.15) is 59.3 Å². The van der Waals surface area contributed by atoms with Crippen LogP contribution in [0, 0.1) is 0 Å². The lowest BCUT2D eigenvalue weighted by Crippen LogP contribution is -2.40. The summed E-state index contributed by atoms with van der Waals surface area (Å²) in [5, 5.41) is 0. The Hall–Kier alpha value is -0.0231. The van der Waals surface area contributed by atoms with Crippen LogP contribution in [0.5, 0.6) is 0 Å². The van der Waals surface area contributed by atoms with Gasteiger partial charge < -0.3 is 4.43 Å². The van der Waals surface area contributed by atoms with Crippen LogP contribution in [0.25, 0.3) is 0 Å². The highest BCUT2D eigenvalue weighted by Gasteiger charge is 2.35. The Balaban J connectivity index is 4.39. The van der Waals surface area contributed by atoms with Crippen molar-refractivity contribution in [2.45, 2.75) is 77.4 Å². The van der Waals surface area contributed by atoms with Gasteiger partial charge in [-0.15, -0.1) is 11.6 Å². The SMILES string of the molecule is CCC[Si](CCC)(CCC)OC(=O)CCCCCl. The second kappa shape index (κ2) is 10.9. The molecule has 0 bridgehead atoms. The molecule has 0 heterocycles. The Labute approximate surface area is 119 Å². The van der Waals surface area contributed by atoms with Gasteiger partial charge in [-0.25, -0.2) is 0 Å². The zero-order valence-corrected chi connectivity index (χ0v) is 14.0. The maximum Gasteiger partial charge on any atom is 0.292 e. The van der Waals surface area contributed by atoms with Gasteiger partial charge in [0.1, 0.15) is 0 Å². The summed E-state index contributed by atoms with van der Waals surface area (Å²) in [4.78, 5) is 11.9. The molecule has 0 saturated carbocycles. The van der Waals surface area contributed by atoms with Crippen molar-refractivity contribution in [1.29, 1.82) is 0 Å². The highest BCUT2D eigenvalue weighted by Crippen LogP contribution is 2.28. The molecule has 0 spiro atoms. The minimum Gasteiger partial charge on any atom is -0.519 e. The minimum absolute atomic E-state index is 0.0159. The van der Waals surface area contributed by atoms with Crippen molar-refractivity contribution in [3.8, 4) is 0 Å². The van der Waals surface area contributed by atoms with Crippen molar-refractivity contribution in [2.24, 2.45) is 0 Å². The Kier molecular flexibility index (Phi) is 10.8. The summed E-state index contributed by atoms with van der Waals surface area (Å²) in [6.45, 7) is 6.57. The van der Waals surface area contributed by atoms with E-state index >= 15 is 0 Å². The van der Waals surface area contributed by atoms with Crippen molar-refractivity contribution in [3.05, 3.63) is 0 Å². The van der Waals surface area contributed by atoms with E-state index in [1.165, 1.54) is 0 Å². The van der Waals surface area contributed by atoms with Crippen LogP contribution in [0.2, 0.25) is 18.1 Å². The summed E-state index contributed by atoms with van der Waals surface area (Å²) >= 11 is 5.62. The summed E-state index contributed by atoms with van der Waals surface area (Å²) in [5.41, 5.74) is 0. The van der Waals surface area contributed by atoms with Gasteiger partial charge in [0.15, 0.2) is 0 Å². The fourth-order valence-corrected chi connectivity index (χ4v) is 7.12. The molecule has 0 aromatic rings. The van der Waals surface area contributed by atoms with Crippen LogP contribution in [-0.2, 0) is 9.22 Å². The van der Waals surface area contributed by atoms with Crippen LogP contribution >= 0.6 is 11.6 Å². The first-order valence-electron chi connectivity index (χ1n) is 7.42. The average molecular weight is 293 g/mol. The van der Waals surface area contributed by atoms with E-state index in [1.807, 2.05) is 0 Å². The maximum absolute atomic E-state index is 11.9. The smallest absolute Gasteiger partial charge is 0.292 e. The summed E-state index contributed by atoms with van der Waals surface area (Å²) in [6, 6.07) is 3.36. The van der Waals surface area contributed by atoms with Crippen molar-refractivity contribution < 1.29 is 9.22 Å². The van der Waals surface area contributed by atoms with E-state index in [0.29, 0.717) is 12.3 Å². The molecule has 0 amide bonds. The summed E-state index contributed by atoms with van der Waals surface area (Å²) in [7, 11) is -1.80. The molecule has 0 fully saturated rings. The molecule has 0 N–H and O–H groups in total. The normalized spacial score (nSPS) is 11.6. The van der Waals surface area contributed by atoms with E-state index in [4.69, 9.17) is 16.0 Å². The Morgan fingerprint density at radius 3 is 1.89 bits per heavy atom. The molecule has 0 aliphatic carbocycles. The first kappa shape index (κ1) is 18.0. The molecular formula is C14H29ClO2Si. The maximum atomic E-state index is 11.9. The average Bonchev–Trinajstić information content (AvgIpc) is 2.30. The standard InChI is InChI=1S/C14H29ClO2Si/c1-4-11-18(12-5-2,13-6-3)17-14(16)9-7-8-10-15/h4-13H2,1-3H3. The van der Waals surface area contributed by atoms with E-state index < -0.39 is 8.32 Å². The van der Waals surface area contributed by atoms with Gasteiger partial charge in [0.2, 0.25) is 0 Å². The summed E-state index contributed by atoms with van der Waals surface area (Å²) in [6.07, 6.45) is 5.68. The Morgan fingerprint density at radius 1 is 1.00 bits per heavy atom. The molecule has 0 aliphatic rings. The fraction of sp³-hybridized carbons (Fsp3) is 0.929. The predicted octanol–water partition coefficient (Wildman–Crippen LogP) is 5.11. The van der Waals surface area contributed by atoms with Crippen LogP contribution < -0.4 is 0 Å². The highest BCUT2D eigenvalue weighted by molar-refractivity contribution is 6.75. The van der Waals surface area contributed by atoms with Gasteiger partial charge in [-0.2, -0.15) is 0 Å². The number of alkyl halides is 1. The monoisotopic (exact) mass is 292 g/mol. The van der Waals surface area contributed by atoms with Crippen LogP contribution in [0.15, 0.2) is 0 Å². The second-order valence-electron chi connectivity index (χ2n) is 5.05. The fourth-order valence-electron chi connectivity index (χ4n) is 2.55. The van der Waals surface area contributed by atoms with E-state index in [9.17, 15) is 4.79 Å². The topological polar surface area (TPSA) is 26.3 Å². The number of rotatable bonds is 11. The lowest BCUT2D eigenvalue weighted by atomic mass is 10.3. The molecule has 0 aromatic carbocycles. The zero-order chi connectivity index (χ0) is 13.9. The van der Waals surface area contributed by atoms with E-state index in [-0.39, 0.29) is 5.97 Å². The first-order chi connectivity index (χ1) is 8.64. The van der Waals surface area contributed by atoms with Crippen molar-refractivity contribution in [1.82, 2.24) is 0 Å².